The van der Waals surface area contributed by atoms with Crippen molar-refractivity contribution in [1.29, 1.82) is 0 Å². The molecule has 0 radical (unpaired) electrons. The second-order valence-electron chi connectivity index (χ2n) is 3.08. The zero-order chi connectivity index (χ0) is 10.3. The van der Waals surface area contributed by atoms with E-state index < -0.39 is 10.2 Å². The lowest BCUT2D eigenvalue weighted by Gasteiger charge is -2.22. The molecule has 0 aliphatic heterocycles. The third kappa shape index (κ3) is 1.31. The van der Waals surface area contributed by atoms with Gasteiger partial charge in [0.15, 0.2) is 11.6 Å². The Kier molecular flexibility index (Phi) is 2.45. The van der Waals surface area contributed by atoms with Crippen molar-refractivity contribution < 1.29 is 9.59 Å². The van der Waals surface area contributed by atoms with Crippen LogP contribution in [0.15, 0.2) is 24.3 Å². The fourth-order valence-corrected chi connectivity index (χ4v) is 2.19. The highest BCUT2D eigenvalue weighted by Crippen LogP contribution is 2.29. The number of hydrogen-bond acceptors (Lipinski definition) is 2. The van der Waals surface area contributed by atoms with Crippen molar-refractivity contribution in [3.8, 4) is 0 Å². The number of hydrogen-bond donors (Lipinski definition) is 0. The van der Waals surface area contributed by atoms with Crippen molar-refractivity contribution in [3.05, 3.63) is 35.4 Å². The highest BCUT2D eigenvalue weighted by molar-refractivity contribution is 9.10. The maximum absolute atomic E-state index is 11.7. The number of carbonyl (C=O) groups is 2. The molecule has 0 amide bonds. The van der Waals surface area contributed by atoms with Crippen LogP contribution in [0.3, 0.4) is 0 Å². The van der Waals surface area contributed by atoms with Gasteiger partial charge in [-0.25, -0.2) is 0 Å². The normalized spacial score (nSPS) is 26.1. The average molecular weight is 274 g/mol. The topological polar surface area (TPSA) is 34.1 Å². The summed E-state index contributed by atoms with van der Waals surface area (Å²) < 4.78 is 0. The zero-order valence-electron chi connectivity index (χ0n) is 7.04. The first kappa shape index (κ1) is 9.87. The van der Waals surface area contributed by atoms with Crippen LogP contribution in [-0.2, 0) is 0 Å². The van der Waals surface area contributed by atoms with Crippen LogP contribution in [0.25, 0.3) is 0 Å². The molecule has 2 rings (SSSR count). The first-order chi connectivity index (χ1) is 6.63. The van der Waals surface area contributed by atoms with Gasteiger partial charge in [-0.2, -0.15) is 0 Å². The Morgan fingerprint density at radius 2 is 1.57 bits per heavy atom. The molecule has 1 aromatic rings. The van der Waals surface area contributed by atoms with E-state index in [0.29, 0.717) is 11.1 Å². The minimum Gasteiger partial charge on any atom is -0.293 e. The molecular weight excluding hydrogens is 267 g/mol. The maximum Gasteiger partial charge on any atom is 0.183 e. The summed E-state index contributed by atoms with van der Waals surface area (Å²) in [5, 5.41) is -0.794. The van der Waals surface area contributed by atoms with E-state index >= 15 is 0 Å². The Bertz CT molecular complexity index is 377. The Morgan fingerprint density at radius 3 is 2.14 bits per heavy atom. The quantitative estimate of drug-likeness (QED) is 0.680. The van der Waals surface area contributed by atoms with Crippen LogP contribution in [-0.4, -0.2) is 21.8 Å². The average Bonchev–Trinajstić information content (AvgIpc) is 2.23. The van der Waals surface area contributed by atoms with E-state index in [1.165, 1.54) is 0 Å². The van der Waals surface area contributed by atoms with Crippen LogP contribution in [0.2, 0.25) is 0 Å². The Hall–Kier alpha value is -0.670. The Morgan fingerprint density at radius 1 is 1.07 bits per heavy atom. The van der Waals surface area contributed by atoms with E-state index in [2.05, 4.69) is 15.9 Å². The van der Waals surface area contributed by atoms with Gasteiger partial charge in [0.2, 0.25) is 0 Å². The largest absolute Gasteiger partial charge is 0.293 e. The fourth-order valence-electron chi connectivity index (χ4n) is 1.48. The van der Waals surface area contributed by atoms with Crippen LogP contribution in [0, 0.1) is 0 Å². The van der Waals surface area contributed by atoms with Gasteiger partial charge in [0.25, 0.3) is 0 Å². The van der Waals surface area contributed by atoms with Crippen LogP contribution < -0.4 is 0 Å². The minimum atomic E-state index is -0.794. The van der Waals surface area contributed by atoms with Crippen molar-refractivity contribution in [3.63, 3.8) is 0 Å². The molecule has 14 heavy (non-hydrogen) atoms. The van der Waals surface area contributed by atoms with Gasteiger partial charge in [-0.3, -0.25) is 9.59 Å². The van der Waals surface area contributed by atoms with Gasteiger partial charge in [-0.1, -0.05) is 40.2 Å². The van der Waals surface area contributed by atoms with Crippen molar-refractivity contribution in [2.75, 3.05) is 0 Å². The highest BCUT2D eigenvalue weighted by atomic mass is 79.9. The molecule has 0 N–H and O–H groups in total. The molecule has 1 aromatic carbocycles. The van der Waals surface area contributed by atoms with Crippen molar-refractivity contribution in [2.24, 2.45) is 0 Å². The van der Waals surface area contributed by atoms with Crippen LogP contribution in [0.1, 0.15) is 20.7 Å². The lowest BCUT2D eigenvalue weighted by molar-refractivity contribution is 0.0903. The standard InChI is InChI=1S/C10H6BrClO2/c11-7-8(12)10(14)6-4-2-1-3-5(6)9(7)13/h1-4,7-8H/t7-,8+/m1/s1. The summed E-state index contributed by atoms with van der Waals surface area (Å²) in [6, 6.07) is 6.73. The number of rotatable bonds is 0. The second-order valence-corrected chi connectivity index (χ2v) is 4.53. The molecule has 0 saturated heterocycles. The van der Waals surface area contributed by atoms with Crippen LogP contribution in [0.5, 0.6) is 0 Å². The van der Waals surface area contributed by atoms with Crippen molar-refractivity contribution in [1.82, 2.24) is 0 Å². The number of halogens is 2. The lowest BCUT2D eigenvalue weighted by atomic mass is 9.89. The van der Waals surface area contributed by atoms with E-state index in [1.54, 1.807) is 24.3 Å². The van der Waals surface area contributed by atoms with E-state index in [9.17, 15) is 9.59 Å². The predicted octanol–water partition coefficient (Wildman–Crippen LogP) is 2.44. The SMILES string of the molecule is O=C1c2ccccc2C(=O)[C@H](Br)[C@@H]1Cl. The van der Waals surface area contributed by atoms with Gasteiger partial charge in [0.1, 0.15) is 10.2 Å². The molecule has 1 aliphatic carbocycles. The van der Waals surface area contributed by atoms with Gasteiger partial charge in [-0.05, 0) is 0 Å². The zero-order valence-corrected chi connectivity index (χ0v) is 9.38. The summed E-state index contributed by atoms with van der Waals surface area (Å²) in [5.74, 6) is -0.316. The smallest absolute Gasteiger partial charge is 0.183 e. The summed E-state index contributed by atoms with van der Waals surface area (Å²) in [7, 11) is 0. The highest BCUT2D eigenvalue weighted by Gasteiger charge is 2.38. The number of fused-ring (bicyclic) bond motifs is 1. The van der Waals surface area contributed by atoms with Gasteiger partial charge >= 0.3 is 0 Å². The van der Waals surface area contributed by atoms with E-state index in [1.807, 2.05) is 0 Å². The van der Waals surface area contributed by atoms with Crippen LogP contribution >= 0.6 is 27.5 Å². The van der Waals surface area contributed by atoms with E-state index in [0.717, 1.165) is 0 Å². The van der Waals surface area contributed by atoms with Crippen molar-refractivity contribution in [2.45, 2.75) is 10.2 Å². The molecule has 4 heteroatoms. The molecule has 72 valence electrons. The molecular formula is C10H6BrClO2. The molecule has 0 unspecified atom stereocenters. The van der Waals surface area contributed by atoms with E-state index in [4.69, 9.17) is 11.6 Å². The predicted molar refractivity (Wildman–Crippen MR) is 57.5 cm³/mol. The lowest BCUT2D eigenvalue weighted by Crippen LogP contribution is -2.37. The van der Waals surface area contributed by atoms with Gasteiger partial charge in [0, 0.05) is 11.1 Å². The minimum absolute atomic E-state index is 0.125. The summed E-state index contributed by atoms with van der Waals surface area (Å²) in [4.78, 5) is 22.7. The molecule has 0 saturated carbocycles. The van der Waals surface area contributed by atoms with E-state index in [-0.39, 0.29) is 11.6 Å². The molecule has 0 fully saturated rings. The summed E-state index contributed by atoms with van der Waals surface area (Å²) in [5.41, 5.74) is 0.879. The second kappa shape index (κ2) is 3.48. The number of Topliss-reactive ketones (excluding diaryl/α,β-unsaturated/α-hetero) is 2. The monoisotopic (exact) mass is 272 g/mol. The summed E-state index contributed by atoms with van der Waals surface area (Å²) >= 11 is 8.95. The Labute approximate surface area is 94.4 Å². The molecule has 2 atom stereocenters. The first-order valence-corrected chi connectivity index (χ1v) is 5.43. The maximum atomic E-state index is 11.7. The fraction of sp³-hybridized carbons (Fsp3) is 0.200. The molecule has 0 heterocycles. The number of alkyl halides is 2. The molecule has 0 spiro atoms. The van der Waals surface area contributed by atoms with Gasteiger partial charge in [0.05, 0.1) is 0 Å². The third-order valence-electron chi connectivity index (χ3n) is 2.22. The van der Waals surface area contributed by atoms with Gasteiger partial charge in [-0.15, -0.1) is 11.6 Å². The molecule has 0 bridgehead atoms. The summed E-state index contributed by atoms with van der Waals surface area (Å²) in [6.07, 6.45) is 0. The number of ketones is 2. The molecule has 0 aromatic heterocycles. The first-order valence-electron chi connectivity index (χ1n) is 4.08. The van der Waals surface area contributed by atoms with Crippen LogP contribution in [0.4, 0.5) is 0 Å². The number of carbonyl (C=O) groups excluding carboxylic acids is 2. The number of benzene rings is 1. The van der Waals surface area contributed by atoms with Gasteiger partial charge < -0.3 is 0 Å². The molecule has 1 aliphatic rings. The Balaban J connectivity index is 2.62. The third-order valence-corrected chi connectivity index (χ3v) is 3.91. The summed E-state index contributed by atoms with van der Waals surface area (Å²) in [6.45, 7) is 0. The molecule has 2 nitrogen and oxygen atoms in total. The van der Waals surface area contributed by atoms with Crippen molar-refractivity contribution >= 4 is 39.1 Å².